The van der Waals surface area contributed by atoms with Crippen LogP contribution in [0.2, 0.25) is 0 Å². The summed E-state index contributed by atoms with van der Waals surface area (Å²) in [5.74, 6) is -0.632. The lowest BCUT2D eigenvalue weighted by molar-refractivity contribution is -0.128. The predicted molar refractivity (Wildman–Crippen MR) is 163 cm³/mol. The molecular formula is C30H31N5O5S2. The van der Waals surface area contributed by atoms with E-state index in [2.05, 4.69) is 10.2 Å². The molecule has 0 aliphatic rings. The highest BCUT2D eigenvalue weighted by Crippen LogP contribution is 2.24. The lowest BCUT2D eigenvalue weighted by Crippen LogP contribution is -2.57. The summed E-state index contributed by atoms with van der Waals surface area (Å²) in [6.45, 7) is 1.72. The molecule has 0 spiro atoms. The van der Waals surface area contributed by atoms with Crippen LogP contribution >= 0.6 is 23.6 Å². The van der Waals surface area contributed by atoms with E-state index in [1.165, 1.54) is 6.92 Å². The SMILES string of the molecule is CC(N)(CC(=O)[C@@H](N)Cc1ccc(OCc2ccccc2)cc1)C(=O)N(C(=O)OCc1ccccc1)c1n[nH]c(=S)s1. The van der Waals surface area contributed by atoms with Gasteiger partial charge in [-0.25, -0.2) is 4.79 Å². The molecule has 0 bridgehead atoms. The van der Waals surface area contributed by atoms with E-state index >= 15 is 0 Å². The van der Waals surface area contributed by atoms with Gasteiger partial charge in [-0.3, -0.25) is 14.7 Å². The Morgan fingerprint density at radius 2 is 1.55 bits per heavy atom. The van der Waals surface area contributed by atoms with E-state index in [9.17, 15) is 14.4 Å². The lowest BCUT2D eigenvalue weighted by atomic mass is 9.90. The molecule has 10 nitrogen and oxygen atoms in total. The van der Waals surface area contributed by atoms with Gasteiger partial charge in [-0.15, -0.1) is 5.10 Å². The molecule has 0 saturated heterocycles. The fraction of sp³-hybridized carbons (Fsp3) is 0.233. The van der Waals surface area contributed by atoms with Crippen molar-refractivity contribution in [1.82, 2.24) is 10.2 Å². The van der Waals surface area contributed by atoms with Crippen molar-refractivity contribution in [3.63, 3.8) is 0 Å². The molecule has 0 radical (unpaired) electrons. The maximum absolute atomic E-state index is 13.6. The molecule has 5 N–H and O–H groups in total. The first kappa shape index (κ1) is 30.7. The van der Waals surface area contributed by atoms with E-state index in [0.29, 0.717) is 17.3 Å². The topological polar surface area (TPSA) is 154 Å². The van der Waals surface area contributed by atoms with E-state index in [-0.39, 0.29) is 22.1 Å². The van der Waals surface area contributed by atoms with Crippen LogP contribution in [0.1, 0.15) is 30.0 Å². The van der Waals surface area contributed by atoms with Gasteiger partial charge in [0, 0.05) is 6.42 Å². The molecule has 0 fully saturated rings. The van der Waals surface area contributed by atoms with Crippen LogP contribution in [0.25, 0.3) is 0 Å². The minimum absolute atomic E-state index is 0.0499. The average Bonchev–Trinajstić information content (AvgIpc) is 3.42. The Labute approximate surface area is 252 Å². The number of benzene rings is 3. The number of nitrogens with one attached hydrogen (secondary N) is 1. The van der Waals surface area contributed by atoms with E-state index in [1.807, 2.05) is 60.7 Å². The fourth-order valence-corrected chi connectivity index (χ4v) is 4.87. The summed E-state index contributed by atoms with van der Waals surface area (Å²) in [5, 5.41) is 6.44. The number of nitrogens with zero attached hydrogens (tertiary/aromatic N) is 2. The third-order valence-corrected chi connectivity index (χ3v) is 7.35. The Morgan fingerprint density at radius 3 is 2.12 bits per heavy atom. The maximum Gasteiger partial charge on any atom is 0.423 e. The Kier molecular flexibility index (Phi) is 10.3. The third kappa shape index (κ3) is 8.40. The number of hydrogen-bond acceptors (Lipinski definition) is 10. The second kappa shape index (κ2) is 14.1. The smallest absolute Gasteiger partial charge is 0.423 e. The number of Topliss-reactive ketones (excluding diaryl/α,β-unsaturated/α-hetero) is 1. The average molecular weight is 606 g/mol. The zero-order valence-electron chi connectivity index (χ0n) is 22.9. The fourth-order valence-electron chi connectivity index (χ4n) is 4.00. The Morgan fingerprint density at radius 1 is 0.952 bits per heavy atom. The van der Waals surface area contributed by atoms with E-state index in [0.717, 1.165) is 28.0 Å². The molecule has 2 atom stereocenters. The monoisotopic (exact) mass is 605 g/mol. The summed E-state index contributed by atoms with van der Waals surface area (Å²) < 4.78 is 11.4. The van der Waals surface area contributed by atoms with Crippen molar-refractivity contribution in [3.05, 3.63) is 106 Å². The second-order valence-corrected chi connectivity index (χ2v) is 11.5. The summed E-state index contributed by atoms with van der Waals surface area (Å²) in [6.07, 6.45) is -1.18. The van der Waals surface area contributed by atoms with Crippen LogP contribution in [0.3, 0.4) is 0 Å². The summed E-state index contributed by atoms with van der Waals surface area (Å²) in [4.78, 5) is 40.4. The van der Waals surface area contributed by atoms with Gasteiger partial charge in [0.2, 0.25) is 5.13 Å². The number of nitrogens with two attached hydrogens (primary N) is 2. The Hall–Kier alpha value is -4.23. The molecule has 0 saturated carbocycles. The quantitative estimate of drug-likeness (QED) is 0.195. The standard InChI is InChI=1S/C30H31N5O5S2/c1-30(32,26(37)35(27-33-34-28(41)42-27)29(38)40-19-22-10-6-3-7-11-22)17-25(36)24(31)16-20-12-14-23(15-13-20)39-18-21-8-4-2-5-9-21/h2-15,24H,16-19,31-32H2,1H3,(H,34,41)/t24-,30?/m0/s1. The van der Waals surface area contributed by atoms with Crippen molar-refractivity contribution in [2.24, 2.45) is 11.5 Å². The first-order valence-corrected chi connectivity index (χ1v) is 14.3. The molecule has 2 amide bonds. The van der Waals surface area contributed by atoms with Crippen molar-refractivity contribution in [1.29, 1.82) is 0 Å². The van der Waals surface area contributed by atoms with Crippen LogP contribution in [0.15, 0.2) is 84.9 Å². The van der Waals surface area contributed by atoms with Gasteiger partial charge < -0.3 is 20.9 Å². The summed E-state index contributed by atoms with van der Waals surface area (Å²) in [7, 11) is 0. The Balaban J connectivity index is 1.37. The minimum atomic E-state index is -1.79. The van der Waals surface area contributed by atoms with E-state index < -0.39 is 35.8 Å². The number of aromatic nitrogens is 2. The van der Waals surface area contributed by atoms with Gasteiger partial charge in [-0.1, -0.05) is 84.1 Å². The zero-order chi connectivity index (χ0) is 30.1. The minimum Gasteiger partial charge on any atom is -0.489 e. The highest BCUT2D eigenvalue weighted by molar-refractivity contribution is 7.73. The van der Waals surface area contributed by atoms with Crippen LogP contribution in [-0.2, 0) is 34.0 Å². The van der Waals surface area contributed by atoms with Gasteiger partial charge in [0.15, 0.2) is 9.74 Å². The van der Waals surface area contributed by atoms with Crippen LogP contribution in [0.4, 0.5) is 9.93 Å². The van der Waals surface area contributed by atoms with Gasteiger partial charge in [0.05, 0.1) is 6.04 Å². The highest BCUT2D eigenvalue weighted by atomic mass is 32.1. The van der Waals surface area contributed by atoms with Crippen molar-refractivity contribution in [2.45, 2.75) is 44.6 Å². The van der Waals surface area contributed by atoms with Gasteiger partial charge in [0.25, 0.3) is 5.91 Å². The number of aromatic amines is 1. The van der Waals surface area contributed by atoms with Crippen molar-refractivity contribution in [2.75, 3.05) is 4.90 Å². The van der Waals surface area contributed by atoms with Crippen LogP contribution in [-0.4, -0.2) is 39.6 Å². The van der Waals surface area contributed by atoms with Crippen LogP contribution in [0, 0.1) is 3.95 Å². The molecule has 12 heteroatoms. The number of anilines is 1. The number of carbonyl (C=O) groups excluding carboxylic acids is 3. The van der Waals surface area contributed by atoms with Gasteiger partial charge in [-0.05, 0) is 54.4 Å². The molecule has 1 heterocycles. The Bertz CT molecular complexity index is 1560. The van der Waals surface area contributed by atoms with Crippen molar-refractivity contribution < 1.29 is 23.9 Å². The third-order valence-electron chi connectivity index (χ3n) is 6.28. The number of imide groups is 1. The van der Waals surface area contributed by atoms with Crippen LogP contribution < -0.4 is 21.1 Å². The van der Waals surface area contributed by atoms with Gasteiger partial charge in [-0.2, -0.15) is 4.90 Å². The number of rotatable bonds is 12. The number of carbonyl (C=O) groups is 3. The molecule has 0 aliphatic heterocycles. The molecule has 4 aromatic rings. The number of H-pyrrole nitrogens is 1. The number of amides is 2. The van der Waals surface area contributed by atoms with Crippen molar-refractivity contribution >= 4 is 46.5 Å². The van der Waals surface area contributed by atoms with E-state index in [1.54, 1.807) is 24.3 Å². The highest BCUT2D eigenvalue weighted by Gasteiger charge is 2.41. The van der Waals surface area contributed by atoms with Crippen LogP contribution in [0.5, 0.6) is 5.75 Å². The molecular weight excluding hydrogens is 574 g/mol. The predicted octanol–water partition coefficient (Wildman–Crippen LogP) is 4.70. The summed E-state index contributed by atoms with van der Waals surface area (Å²) in [6, 6.07) is 25.1. The summed E-state index contributed by atoms with van der Waals surface area (Å²) in [5.41, 5.74) is 13.3. The van der Waals surface area contributed by atoms with Crippen molar-refractivity contribution in [3.8, 4) is 5.75 Å². The van der Waals surface area contributed by atoms with E-state index in [4.69, 9.17) is 33.2 Å². The molecule has 3 aromatic carbocycles. The first-order valence-electron chi connectivity index (χ1n) is 13.1. The first-order chi connectivity index (χ1) is 20.1. The molecule has 0 aliphatic carbocycles. The zero-order valence-corrected chi connectivity index (χ0v) is 24.5. The maximum atomic E-state index is 13.6. The molecule has 218 valence electrons. The largest absolute Gasteiger partial charge is 0.489 e. The van der Waals surface area contributed by atoms with Gasteiger partial charge >= 0.3 is 6.09 Å². The number of ether oxygens (including phenoxy) is 2. The normalized spacial score (nSPS) is 13.0. The second-order valence-electron chi connectivity index (χ2n) is 9.87. The lowest BCUT2D eigenvalue weighted by Gasteiger charge is -2.28. The van der Waals surface area contributed by atoms with Gasteiger partial charge in [0.1, 0.15) is 24.5 Å². The molecule has 4 rings (SSSR count). The molecule has 1 unspecified atom stereocenters. The molecule has 1 aromatic heterocycles. The number of hydrogen-bond donors (Lipinski definition) is 3. The summed E-state index contributed by atoms with van der Waals surface area (Å²) >= 11 is 5.97. The molecule has 42 heavy (non-hydrogen) atoms. The number of ketones is 1.